The number of carbonyl (C=O) groups is 1. The van der Waals surface area contributed by atoms with Crippen LogP contribution in [0.3, 0.4) is 0 Å². The van der Waals surface area contributed by atoms with Crippen LogP contribution in [0.25, 0.3) is 0 Å². The van der Waals surface area contributed by atoms with E-state index in [1.54, 1.807) is 11.9 Å². The number of halogens is 1. The number of furan rings is 1. The molecule has 1 aliphatic carbocycles. The van der Waals surface area contributed by atoms with E-state index in [4.69, 9.17) is 4.42 Å². The molecule has 2 aromatic rings. The van der Waals surface area contributed by atoms with Crippen LogP contribution in [-0.4, -0.2) is 24.0 Å². The summed E-state index contributed by atoms with van der Waals surface area (Å²) in [7, 11) is 1.77. The molecule has 1 fully saturated rings. The lowest BCUT2D eigenvalue weighted by molar-refractivity contribution is 0.202. The Labute approximate surface area is 132 Å². The van der Waals surface area contributed by atoms with Gasteiger partial charge in [-0.3, -0.25) is 0 Å². The highest BCUT2D eigenvalue weighted by Gasteiger charge is 2.39. The quantitative estimate of drug-likeness (QED) is 0.914. The Kier molecular flexibility index (Phi) is 4.01. The number of hydrogen-bond acceptors (Lipinski definition) is 2. The van der Waals surface area contributed by atoms with Crippen LogP contribution in [0.4, 0.5) is 4.79 Å². The fourth-order valence-electron chi connectivity index (χ4n) is 2.43. The zero-order valence-corrected chi connectivity index (χ0v) is 13.3. The van der Waals surface area contributed by atoms with Crippen molar-refractivity contribution < 1.29 is 9.21 Å². The Balaban J connectivity index is 1.51. The first-order valence-electron chi connectivity index (χ1n) is 6.94. The van der Waals surface area contributed by atoms with E-state index in [2.05, 4.69) is 33.4 Å². The first kappa shape index (κ1) is 14.2. The molecular formula is C16H17BrN2O2. The topological polar surface area (TPSA) is 45.5 Å². The second-order valence-electron chi connectivity index (χ2n) is 5.37. The summed E-state index contributed by atoms with van der Waals surface area (Å²) >= 11 is 3.26. The molecule has 110 valence electrons. The molecule has 0 aliphatic heterocycles. The van der Waals surface area contributed by atoms with Crippen molar-refractivity contribution in [2.24, 2.45) is 0 Å². The minimum absolute atomic E-state index is 0.0639. The Morgan fingerprint density at radius 2 is 2.10 bits per heavy atom. The van der Waals surface area contributed by atoms with Gasteiger partial charge in [0.15, 0.2) is 4.67 Å². The molecule has 0 saturated heterocycles. The van der Waals surface area contributed by atoms with Crippen LogP contribution in [0.2, 0.25) is 0 Å². The molecule has 1 aliphatic rings. The van der Waals surface area contributed by atoms with Crippen molar-refractivity contribution in [2.45, 2.75) is 24.9 Å². The molecule has 2 atom stereocenters. The van der Waals surface area contributed by atoms with Crippen molar-refractivity contribution in [3.05, 3.63) is 58.5 Å². The van der Waals surface area contributed by atoms with Gasteiger partial charge >= 0.3 is 6.03 Å². The van der Waals surface area contributed by atoms with Crippen molar-refractivity contribution >= 4 is 22.0 Å². The lowest BCUT2D eigenvalue weighted by Gasteiger charge is -2.16. The van der Waals surface area contributed by atoms with Gasteiger partial charge in [-0.2, -0.15) is 0 Å². The second kappa shape index (κ2) is 5.93. The highest BCUT2D eigenvalue weighted by molar-refractivity contribution is 9.10. The molecule has 5 heteroatoms. The molecule has 0 spiro atoms. The molecular weight excluding hydrogens is 332 g/mol. The van der Waals surface area contributed by atoms with Gasteiger partial charge in [-0.1, -0.05) is 30.3 Å². The summed E-state index contributed by atoms with van der Waals surface area (Å²) < 4.78 is 6.09. The molecule has 3 rings (SSSR count). The summed E-state index contributed by atoms with van der Waals surface area (Å²) in [4.78, 5) is 13.8. The van der Waals surface area contributed by atoms with Crippen LogP contribution in [0.1, 0.15) is 23.7 Å². The molecule has 0 radical (unpaired) electrons. The van der Waals surface area contributed by atoms with Crippen LogP contribution < -0.4 is 5.32 Å². The van der Waals surface area contributed by atoms with Crippen molar-refractivity contribution in [3.63, 3.8) is 0 Å². The van der Waals surface area contributed by atoms with E-state index in [0.29, 0.717) is 17.1 Å². The maximum atomic E-state index is 12.1. The summed E-state index contributed by atoms with van der Waals surface area (Å²) in [6.07, 6.45) is 1.01. The zero-order chi connectivity index (χ0) is 14.8. The average Bonchev–Trinajstić information content (AvgIpc) is 3.13. The molecule has 1 heterocycles. The molecule has 21 heavy (non-hydrogen) atoms. The van der Waals surface area contributed by atoms with E-state index in [0.717, 1.165) is 12.2 Å². The lowest BCUT2D eigenvalue weighted by atomic mass is 10.1. The van der Waals surface area contributed by atoms with Gasteiger partial charge in [-0.15, -0.1) is 0 Å². The Bertz CT molecular complexity index is 626. The molecule has 4 nitrogen and oxygen atoms in total. The van der Waals surface area contributed by atoms with Gasteiger partial charge in [0, 0.05) is 19.0 Å². The van der Waals surface area contributed by atoms with Gasteiger partial charge in [-0.25, -0.2) is 4.79 Å². The third-order valence-corrected chi connectivity index (χ3v) is 4.12. The summed E-state index contributed by atoms with van der Waals surface area (Å²) in [5, 5.41) is 3.06. The normalized spacial score (nSPS) is 20.1. The third-order valence-electron chi connectivity index (χ3n) is 3.70. The maximum Gasteiger partial charge on any atom is 0.317 e. The summed E-state index contributed by atoms with van der Waals surface area (Å²) in [5.74, 6) is 1.20. The van der Waals surface area contributed by atoms with Crippen LogP contribution >= 0.6 is 15.9 Å². The van der Waals surface area contributed by atoms with Gasteiger partial charge in [0.25, 0.3) is 0 Å². The number of nitrogens with one attached hydrogen (secondary N) is 1. The van der Waals surface area contributed by atoms with Crippen LogP contribution in [0.5, 0.6) is 0 Å². The Morgan fingerprint density at radius 3 is 2.76 bits per heavy atom. The van der Waals surface area contributed by atoms with Gasteiger partial charge in [-0.05, 0) is 40.0 Å². The minimum atomic E-state index is -0.0639. The fourth-order valence-corrected chi connectivity index (χ4v) is 2.77. The molecule has 1 saturated carbocycles. The first-order chi connectivity index (χ1) is 10.1. The molecule has 2 amide bonds. The number of rotatable bonds is 4. The Hall–Kier alpha value is -1.75. The second-order valence-corrected chi connectivity index (χ2v) is 6.15. The summed E-state index contributed by atoms with van der Waals surface area (Å²) in [5.41, 5.74) is 1.29. The van der Waals surface area contributed by atoms with Crippen LogP contribution in [0.15, 0.2) is 51.6 Å². The van der Waals surface area contributed by atoms with Gasteiger partial charge in [0.05, 0.1) is 6.54 Å². The number of urea groups is 1. The SMILES string of the molecule is CN(Cc1ccc(Br)o1)C(=O)NC1CC1c1ccccc1. The highest BCUT2D eigenvalue weighted by Crippen LogP contribution is 2.40. The molecule has 1 aromatic heterocycles. The number of benzene rings is 1. The van der Waals surface area contributed by atoms with E-state index in [1.807, 2.05) is 30.3 Å². The average molecular weight is 349 g/mol. The van der Waals surface area contributed by atoms with Crippen LogP contribution in [-0.2, 0) is 6.54 Å². The number of carbonyl (C=O) groups excluding carboxylic acids is 1. The number of amides is 2. The van der Waals surface area contributed by atoms with E-state index in [1.165, 1.54) is 5.56 Å². The smallest absolute Gasteiger partial charge is 0.317 e. The maximum absolute atomic E-state index is 12.1. The monoisotopic (exact) mass is 348 g/mol. The molecule has 2 unspecified atom stereocenters. The Morgan fingerprint density at radius 1 is 1.33 bits per heavy atom. The minimum Gasteiger partial charge on any atom is -0.452 e. The highest BCUT2D eigenvalue weighted by atomic mass is 79.9. The van der Waals surface area contributed by atoms with Gasteiger partial charge in [0.1, 0.15) is 5.76 Å². The van der Waals surface area contributed by atoms with Gasteiger partial charge < -0.3 is 14.6 Å². The molecule has 1 aromatic carbocycles. The largest absolute Gasteiger partial charge is 0.452 e. The summed E-state index contributed by atoms with van der Waals surface area (Å²) in [6.45, 7) is 0.458. The standard InChI is InChI=1S/C16H17BrN2O2/c1-19(10-12-7-8-15(17)21-12)16(20)18-14-9-13(14)11-5-3-2-4-6-11/h2-8,13-14H,9-10H2,1H3,(H,18,20). The van der Waals surface area contributed by atoms with E-state index >= 15 is 0 Å². The molecule has 0 bridgehead atoms. The van der Waals surface area contributed by atoms with Crippen molar-refractivity contribution in [3.8, 4) is 0 Å². The van der Waals surface area contributed by atoms with Crippen molar-refractivity contribution in [1.82, 2.24) is 10.2 Å². The third kappa shape index (κ3) is 3.47. The van der Waals surface area contributed by atoms with Crippen molar-refractivity contribution in [1.29, 1.82) is 0 Å². The predicted molar refractivity (Wildman–Crippen MR) is 84.0 cm³/mol. The number of nitrogens with zero attached hydrogens (tertiary/aromatic N) is 1. The fraction of sp³-hybridized carbons (Fsp3) is 0.312. The predicted octanol–water partition coefficient (Wildman–Crippen LogP) is 3.74. The lowest BCUT2D eigenvalue weighted by Crippen LogP contribution is -2.38. The van der Waals surface area contributed by atoms with E-state index in [9.17, 15) is 4.79 Å². The zero-order valence-electron chi connectivity index (χ0n) is 11.8. The van der Waals surface area contributed by atoms with E-state index in [-0.39, 0.29) is 12.1 Å². The molecule has 1 N–H and O–H groups in total. The van der Waals surface area contributed by atoms with E-state index < -0.39 is 0 Å². The summed E-state index contributed by atoms with van der Waals surface area (Å²) in [6, 6.07) is 14.2. The van der Waals surface area contributed by atoms with Crippen LogP contribution in [0, 0.1) is 0 Å². The van der Waals surface area contributed by atoms with Gasteiger partial charge in [0.2, 0.25) is 0 Å². The van der Waals surface area contributed by atoms with Crippen molar-refractivity contribution in [2.75, 3.05) is 7.05 Å². The first-order valence-corrected chi connectivity index (χ1v) is 7.73. The number of hydrogen-bond donors (Lipinski definition) is 1.